The van der Waals surface area contributed by atoms with Gasteiger partial charge in [0.05, 0.1) is 18.5 Å². The Hall–Kier alpha value is -3.49. The first-order chi connectivity index (χ1) is 16.3. The Bertz CT molecular complexity index is 1110. The number of hydrogen-bond donors (Lipinski definition) is 3. The highest BCUT2D eigenvalue weighted by atomic mass is 35.5. The maximum absolute atomic E-state index is 11.7. The Morgan fingerprint density at radius 3 is 2.54 bits per heavy atom. The van der Waals surface area contributed by atoms with Crippen LogP contribution in [0.25, 0.3) is 10.9 Å². The van der Waals surface area contributed by atoms with Gasteiger partial charge in [0.2, 0.25) is 0 Å². The van der Waals surface area contributed by atoms with E-state index in [0.29, 0.717) is 16.9 Å². The summed E-state index contributed by atoms with van der Waals surface area (Å²) in [5.41, 5.74) is 12.1. The molecule has 0 amide bonds. The number of benzene rings is 1. The molecule has 1 heterocycles. The van der Waals surface area contributed by atoms with Crippen molar-refractivity contribution in [2.45, 2.75) is 52.4 Å². The third-order valence-electron chi connectivity index (χ3n) is 6.11. The van der Waals surface area contributed by atoms with Gasteiger partial charge in [0.25, 0.3) is 0 Å². The van der Waals surface area contributed by atoms with E-state index in [1.54, 1.807) is 0 Å². The first kappa shape index (κ1) is 29.5. The largest absolute Gasteiger partial charge is 0.469 e. The number of nitrogens with zero attached hydrogens (tertiary/aromatic N) is 3. The monoisotopic (exact) mass is 504 g/mol. The number of halogens is 1. The van der Waals surface area contributed by atoms with Crippen molar-refractivity contribution in [2.24, 2.45) is 34.0 Å². The Kier molecular flexibility index (Phi) is 11.8. The third-order valence-corrected chi connectivity index (χ3v) is 6.34. The van der Waals surface area contributed by atoms with Crippen LogP contribution < -0.4 is 17.4 Å². The zero-order valence-corrected chi connectivity index (χ0v) is 19.9. The molecule has 0 radical (unpaired) electrons. The number of hydrogen-bond acceptors (Lipinski definition) is 8. The van der Waals surface area contributed by atoms with E-state index in [1.165, 1.54) is 18.2 Å². The lowest BCUT2D eigenvalue weighted by Crippen LogP contribution is -2.25. The second-order valence-corrected chi connectivity index (χ2v) is 8.69. The summed E-state index contributed by atoms with van der Waals surface area (Å²) in [6.45, 7) is 1.94. The van der Waals surface area contributed by atoms with Gasteiger partial charge < -0.3 is 22.2 Å². The van der Waals surface area contributed by atoms with Crippen LogP contribution in [-0.2, 0) is 25.5 Å². The van der Waals surface area contributed by atoms with E-state index >= 15 is 0 Å². The Morgan fingerprint density at radius 2 is 1.94 bits per heavy atom. The molecule has 11 heteroatoms. The van der Waals surface area contributed by atoms with Gasteiger partial charge >= 0.3 is 12.1 Å². The van der Waals surface area contributed by atoms with E-state index in [9.17, 15) is 4.79 Å². The topological polar surface area (TPSA) is 176 Å². The quantitative estimate of drug-likeness (QED) is 0.181. The van der Waals surface area contributed by atoms with E-state index in [1.807, 2.05) is 25.1 Å². The molecule has 6 N–H and O–H groups in total. The predicted molar refractivity (Wildman–Crippen MR) is 134 cm³/mol. The molecule has 3 unspecified atom stereocenters. The van der Waals surface area contributed by atoms with Gasteiger partial charge in [-0.3, -0.25) is 9.78 Å². The average molecular weight is 505 g/mol. The molecular weight excluding hydrogens is 472 g/mol. The summed E-state index contributed by atoms with van der Waals surface area (Å²) in [7, 11) is 1.45. The Morgan fingerprint density at radius 1 is 1.29 bits per heavy atom. The maximum Gasteiger partial charge on any atom is 0.373 e. The van der Waals surface area contributed by atoms with E-state index < -0.39 is 0 Å². The van der Waals surface area contributed by atoms with Gasteiger partial charge in [0.15, 0.2) is 0 Å². The molecule has 3 atom stereocenters. The van der Waals surface area contributed by atoms with Gasteiger partial charge in [-0.05, 0) is 62.1 Å². The highest BCUT2D eigenvalue weighted by Gasteiger charge is 2.33. The molecule has 2 aliphatic carbocycles. The number of carbonyl (C=O) groups excluding carboxylic acids is 3. The van der Waals surface area contributed by atoms with Crippen molar-refractivity contribution >= 4 is 40.3 Å². The molecular formula is C24H33ClN6O4. The van der Waals surface area contributed by atoms with E-state index in [0.717, 1.165) is 54.4 Å². The number of nitrogen functional groups attached to an aromatic ring is 1. The Labute approximate surface area is 209 Å². The zero-order chi connectivity index (χ0) is 25.3. The molecule has 35 heavy (non-hydrogen) atoms. The molecule has 1 aromatic carbocycles. The number of allylic oxidation sites excluding steroid dienone is 2. The summed E-state index contributed by atoms with van der Waals surface area (Å²) < 4.78 is 4.85. The number of carbonyl (C=O) groups is 1. The number of methoxy groups -OCH3 is 1. The molecule has 2 bridgehead atoms. The van der Waals surface area contributed by atoms with Crippen molar-refractivity contribution < 1.29 is 19.1 Å². The fourth-order valence-electron chi connectivity index (χ4n) is 4.69. The van der Waals surface area contributed by atoms with E-state index in [4.69, 9.17) is 36.6 Å². The predicted octanol–water partition coefficient (Wildman–Crippen LogP) is 4.27. The summed E-state index contributed by atoms with van der Waals surface area (Å²) in [4.78, 5) is 32.8. The van der Waals surface area contributed by atoms with Gasteiger partial charge in [-0.15, -0.1) is 0 Å². The number of esters is 1. The molecule has 4 rings (SSSR count). The molecule has 2 aliphatic rings. The molecule has 2 aromatic rings. The highest BCUT2D eigenvalue weighted by molar-refractivity contribution is 6.31. The van der Waals surface area contributed by atoms with Gasteiger partial charge in [-0.2, -0.15) is 9.59 Å². The van der Waals surface area contributed by atoms with Gasteiger partial charge in [0, 0.05) is 27.4 Å². The molecule has 190 valence electrons. The fraction of sp³-hybridized carbons (Fsp3) is 0.458. The first-order valence-corrected chi connectivity index (χ1v) is 11.1. The third kappa shape index (κ3) is 7.50. The zero-order valence-electron chi connectivity index (χ0n) is 19.2. The maximum atomic E-state index is 11.7. The first-order valence-electron chi connectivity index (χ1n) is 10.7. The number of anilines is 1. The molecule has 0 spiro atoms. The van der Waals surface area contributed by atoms with Crippen molar-refractivity contribution in [3.63, 3.8) is 0 Å². The second-order valence-electron chi connectivity index (χ2n) is 8.25. The number of fused-ring (bicyclic) bond motifs is 5. The number of ether oxygens (including phenoxy) is 1. The van der Waals surface area contributed by atoms with Crippen molar-refractivity contribution in [2.75, 3.05) is 12.8 Å². The summed E-state index contributed by atoms with van der Waals surface area (Å²) in [5.74, 6) is 9.45. The minimum atomic E-state index is -0.129. The van der Waals surface area contributed by atoms with Gasteiger partial charge in [0.1, 0.15) is 0 Å². The van der Waals surface area contributed by atoms with Crippen LogP contribution in [0.1, 0.15) is 57.2 Å². The summed E-state index contributed by atoms with van der Waals surface area (Å²) >= 11 is 6.14. The van der Waals surface area contributed by atoms with Crippen LogP contribution in [0.15, 0.2) is 40.3 Å². The van der Waals surface area contributed by atoms with Crippen LogP contribution in [0.5, 0.6) is 0 Å². The summed E-state index contributed by atoms with van der Waals surface area (Å²) in [6.07, 6.45) is 7.48. The minimum Gasteiger partial charge on any atom is -0.469 e. The Balaban J connectivity index is 0.000000684. The average Bonchev–Trinajstić information content (AvgIpc) is 2.82. The smallest absolute Gasteiger partial charge is 0.373 e. The van der Waals surface area contributed by atoms with Crippen molar-refractivity contribution in [3.05, 3.63) is 46.1 Å². The van der Waals surface area contributed by atoms with Crippen LogP contribution in [0.4, 0.5) is 5.69 Å². The minimum absolute atomic E-state index is 0. The number of aromatic nitrogens is 1. The fourth-order valence-corrected chi connectivity index (χ4v) is 4.86. The number of nitrogens with two attached hydrogens (primary N) is 3. The SMILES string of the molecule is C.COC(=O)C(C)CCC1=CC2Cc3nc4cc(Cl)ccc4c(N)c3C(C1)C2.N/N=N/N.O=C=O. The normalized spacial score (nSPS) is 18.3. The van der Waals surface area contributed by atoms with E-state index in [-0.39, 0.29) is 25.5 Å². The molecule has 0 saturated heterocycles. The lowest BCUT2D eigenvalue weighted by atomic mass is 9.70. The lowest BCUT2D eigenvalue weighted by molar-refractivity contribution is -0.191. The molecule has 0 aliphatic heterocycles. The standard InChI is InChI=1S/C22H25ClN2O2.CO2.CH4.H4N4/c1-12(22(26)27-2)3-4-13-7-14-9-15(8-13)20-19(10-14)25-18-11-16(23)5-6-17(18)21(20)24;2-1-3;;1-3-4-2/h5-7,11-12,14-15H,3-4,8-10H2,1-2H3,(H2,24,25);;1H4;(H2,1,4)(H2,2,3). The van der Waals surface area contributed by atoms with Crippen molar-refractivity contribution in [3.8, 4) is 0 Å². The molecule has 1 aromatic heterocycles. The van der Waals surface area contributed by atoms with E-state index in [2.05, 4.69) is 28.2 Å². The highest BCUT2D eigenvalue weighted by Crippen LogP contribution is 2.47. The van der Waals surface area contributed by atoms with Crippen LogP contribution in [0, 0.1) is 11.8 Å². The lowest BCUT2D eigenvalue weighted by Gasteiger charge is -2.36. The van der Waals surface area contributed by atoms with Gasteiger partial charge in [-0.25, -0.2) is 0 Å². The summed E-state index contributed by atoms with van der Waals surface area (Å²) in [5, 5.41) is 6.96. The molecule has 0 saturated carbocycles. The van der Waals surface area contributed by atoms with Crippen LogP contribution in [-0.4, -0.2) is 24.2 Å². The number of pyridine rings is 1. The van der Waals surface area contributed by atoms with Crippen molar-refractivity contribution in [1.29, 1.82) is 0 Å². The molecule has 10 nitrogen and oxygen atoms in total. The van der Waals surface area contributed by atoms with Crippen LogP contribution in [0.3, 0.4) is 0 Å². The summed E-state index contributed by atoms with van der Waals surface area (Å²) in [6, 6.07) is 5.75. The van der Waals surface area contributed by atoms with Crippen LogP contribution >= 0.6 is 11.6 Å². The second kappa shape index (κ2) is 14.0. The van der Waals surface area contributed by atoms with Crippen molar-refractivity contribution in [1.82, 2.24) is 4.98 Å². The van der Waals surface area contributed by atoms with Gasteiger partial charge in [-0.1, -0.05) is 48.0 Å². The number of rotatable bonds is 4. The van der Waals surface area contributed by atoms with Crippen LogP contribution in [0.2, 0.25) is 5.02 Å². The molecule has 0 fully saturated rings.